The standard InChI is InChI=1S/C19H20N2O4/c1-3-18(15-8-10-17(25-2)11-9-15)20-19(22)12-7-14-5-4-6-16(13-14)21(23)24/h4-13,18H,3H2,1-2H3,(H,20,22)/b12-7+/t18-/m1/s1. The van der Waals surface area contributed by atoms with Gasteiger partial charge in [0.25, 0.3) is 5.69 Å². The largest absolute Gasteiger partial charge is 0.497 e. The van der Waals surface area contributed by atoms with Crippen molar-refractivity contribution in [2.45, 2.75) is 19.4 Å². The lowest BCUT2D eigenvalue weighted by atomic mass is 10.0. The Morgan fingerprint density at radius 1 is 1.28 bits per heavy atom. The lowest BCUT2D eigenvalue weighted by Crippen LogP contribution is -2.26. The van der Waals surface area contributed by atoms with Gasteiger partial charge in [-0.2, -0.15) is 0 Å². The number of amides is 1. The topological polar surface area (TPSA) is 81.5 Å². The molecule has 130 valence electrons. The van der Waals surface area contributed by atoms with E-state index in [1.54, 1.807) is 25.3 Å². The van der Waals surface area contributed by atoms with Crippen molar-refractivity contribution in [3.05, 3.63) is 75.8 Å². The van der Waals surface area contributed by atoms with Crippen LogP contribution in [-0.4, -0.2) is 17.9 Å². The van der Waals surface area contributed by atoms with Gasteiger partial charge in [-0.25, -0.2) is 0 Å². The van der Waals surface area contributed by atoms with Gasteiger partial charge in [0.05, 0.1) is 18.1 Å². The van der Waals surface area contributed by atoms with Gasteiger partial charge in [0.1, 0.15) is 5.75 Å². The second kappa shape index (κ2) is 8.63. The fraction of sp³-hybridized carbons (Fsp3) is 0.211. The van der Waals surface area contributed by atoms with Gasteiger partial charge in [0.2, 0.25) is 5.91 Å². The van der Waals surface area contributed by atoms with E-state index in [-0.39, 0.29) is 17.6 Å². The van der Waals surface area contributed by atoms with Crippen molar-refractivity contribution in [1.29, 1.82) is 0 Å². The number of nitro groups is 1. The van der Waals surface area contributed by atoms with Crippen LogP contribution >= 0.6 is 0 Å². The molecular formula is C19H20N2O4. The zero-order chi connectivity index (χ0) is 18.2. The predicted molar refractivity (Wildman–Crippen MR) is 96.3 cm³/mol. The Morgan fingerprint density at radius 2 is 2.00 bits per heavy atom. The third-order valence-electron chi connectivity index (χ3n) is 3.75. The highest BCUT2D eigenvalue weighted by Crippen LogP contribution is 2.20. The Kier molecular flexibility index (Phi) is 6.28. The highest BCUT2D eigenvalue weighted by Gasteiger charge is 2.11. The van der Waals surface area contributed by atoms with E-state index in [2.05, 4.69) is 5.32 Å². The number of methoxy groups -OCH3 is 1. The van der Waals surface area contributed by atoms with Gasteiger partial charge in [-0.3, -0.25) is 14.9 Å². The summed E-state index contributed by atoms with van der Waals surface area (Å²) in [7, 11) is 1.60. The van der Waals surface area contributed by atoms with Crippen LogP contribution in [0.15, 0.2) is 54.6 Å². The summed E-state index contributed by atoms with van der Waals surface area (Å²) >= 11 is 0. The van der Waals surface area contributed by atoms with Crippen LogP contribution in [0, 0.1) is 10.1 Å². The predicted octanol–water partition coefficient (Wildman–Crippen LogP) is 3.88. The third-order valence-corrected chi connectivity index (χ3v) is 3.75. The van der Waals surface area contributed by atoms with Gasteiger partial charge >= 0.3 is 0 Å². The first-order chi connectivity index (χ1) is 12.0. The van der Waals surface area contributed by atoms with Crippen LogP contribution in [0.5, 0.6) is 5.75 Å². The molecule has 0 radical (unpaired) electrons. The number of carbonyl (C=O) groups is 1. The van der Waals surface area contributed by atoms with Gasteiger partial charge < -0.3 is 10.1 Å². The minimum atomic E-state index is -0.464. The molecule has 1 atom stereocenters. The SMILES string of the molecule is CC[C@@H](NC(=O)/C=C/c1cccc([N+](=O)[O-])c1)c1ccc(OC)cc1. The summed E-state index contributed by atoms with van der Waals surface area (Å²) < 4.78 is 5.13. The van der Waals surface area contributed by atoms with E-state index in [1.165, 1.54) is 18.2 Å². The summed E-state index contributed by atoms with van der Waals surface area (Å²) in [5.41, 5.74) is 1.58. The molecule has 25 heavy (non-hydrogen) atoms. The minimum Gasteiger partial charge on any atom is -0.497 e. The van der Waals surface area contributed by atoms with Gasteiger partial charge in [0, 0.05) is 18.2 Å². The van der Waals surface area contributed by atoms with Gasteiger partial charge in [-0.15, -0.1) is 0 Å². The maximum atomic E-state index is 12.1. The van der Waals surface area contributed by atoms with Crippen LogP contribution in [0.25, 0.3) is 6.08 Å². The number of nitrogens with one attached hydrogen (secondary N) is 1. The number of rotatable bonds is 7. The van der Waals surface area contributed by atoms with Crippen LogP contribution in [0.2, 0.25) is 0 Å². The molecular weight excluding hydrogens is 320 g/mol. The van der Waals surface area contributed by atoms with Crippen LogP contribution < -0.4 is 10.1 Å². The van der Waals surface area contributed by atoms with Crippen molar-refractivity contribution in [2.24, 2.45) is 0 Å². The average molecular weight is 340 g/mol. The molecule has 2 aromatic rings. The number of nitrogens with zero attached hydrogens (tertiary/aromatic N) is 1. The van der Waals surface area contributed by atoms with Crippen LogP contribution in [-0.2, 0) is 4.79 Å². The first-order valence-electron chi connectivity index (χ1n) is 7.90. The highest BCUT2D eigenvalue weighted by atomic mass is 16.6. The van der Waals surface area contributed by atoms with Crippen molar-refractivity contribution < 1.29 is 14.5 Å². The molecule has 0 fully saturated rings. The minimum absolute atomic E-state index is 0.00720. The molecule has 0 aliphatic heterocycles. The second-order valence-electron chi connectivity index (χ2n) is 5.43. The van der Waals surface area contributed by atoms with Crippen LogP contribution in [0.1, 0.15) is 30.5 Å². The molecule has 0 aliphatic rings. The molecule has 0 heterocycles. The summed E-state index contributed by atoms with van der Waals surface area (Å²) in [6.07, 6.45) is 3.68. The molecule has 1 amide bonds. The average Bonchev–Trinajstić information content (AvgIpc) is 2.64. The fourth-order valence-electron chi connectivity index (χ4n) is 2.39. The van der Waals surface area contributed by atoms with Gasteiger partial charge in [0.15, 0.2) is 0 Å². The summed E-state index contributed by atoms with van der Waals surface area (Å²) in [6, 6.07) is 13.5. The lowest BCUT2D eigenvalue weighted by Gasteiger charge is -2.16. The first-order valence-corrected chi connectivity index (χ1v) is 7.90. The number of carbonyl (C=O) groups excluding carboxylic acids is 1. The molecule has 2 rings (SSSR count). The van der Waals surface area contributed by atoms with Crippen molar-refractivity contribution in [3.63, 3.8) is 0 Å². The number of hydrogen-bond acceptors (Lipinski definition) is 4. The summed E-state index contributed by atoms with van der Waals surface area (Å²) in [5, 5.41) is 13.7. The van der Waals surface area contributed by atoms with E-state index >= 15 is 0 Å². The molecule has 0 unspecified atom stereocenters. The number of non-ortho nitro benzene ring substituents is 1. The normalized spacial score (nSPS) is 11.9. The van der Waals surface area contributed by atoms with E-state index in [9.17, 15) is 14.9 Å². The molecule has 0 aliphatic carbocycles. The fourth-order valence-corrected chi connectivity index (χ4v) is 2.39. The van der Waals surface area contributed by atoms with Crippen molar-refractivity contribution in [3.8, 4) is 5.75 Å². The Hall–Kier alpha value is -3.15. The quantitative estimate of drug-likeness (QED) is 0.471. The molecule has 0 spiro atoms. The molecule has 6 heteroatoms. The maximum absolute atomic E-state index is 12.1. The molecule has 0 saturated carbocycles. The van der Waals surface area contributed by atoms with Crippen LogP contribution in [0.4, 0.5) is 5.69 Å². The van der Waals surface area contributed by atoms with E-state index < -0.39 is 4.92 Å². The Bertz CT molecular complexity index is 769. The smallest absolute Gasteiger partial charge is 0.270 e. The number of benzene rings is 2. The van der Waals surface area contributed by atoms with Gasteiger partial charge in [-0.1, -0.05) is 31.2 Å². The zero-order valence-electron chi connectivity index (χ0n) is 14.1. The first kappa shape index (κ1) is 18.2. The Labute approximate surface area is 146 Å². The maximum Gasteiger partial charge on any atom is 0.270 e. The monoisotopic (exact) mass is 340 g/mol. The van der Waals surface area contributed by atoms with Crippen molar-refractivity contribution in [1.82, 2.24) is 5.32 Å². The summed E-state index contributed by atoms with van der Waals surface area (Å²) in [6.45, 7) is 1.99. The third kappa shape index (κ3) is 5.17. The van der Waals surface area contributed by atoms with Gasteiger partial charge in [-0.05, 0) is 35.8 Å². The Morgan fingerprint density at radius 3 is 2.60 bits per heavy atom. The Balaban J connectivity index is 2.04. The molecule has 1 N–H and O–H groups in total. The number of ether oxygens (including phenoxy) is 1. The van der Waals surface area contributed by atoms with E-state index in [0.717, 1.165) is 17.7 Å². The second-order valence-corrected chi connectivity index (χ2v) is 5.43. The van der Waals surface area contributed by atoms with E-state index in [1.807, 2.05) is 31.2 Å². The van der Waals surface area contributed by atoms with Crippen molar-refractivity contribution >= 4 is 17.7 Å². The van der Waals surface area contributed by atoms with Crippen LogP contribution in [0.3, 0.4) is 0 Å². The van der Waals surface area contributed by atoms with E-state index in [4.69, 9.17) is 4.74 Å². The van der Waals surface area contributed by atoms with Crippen molar-refractivity contribution in [2.75, 3.05) is 7.11 Å². The molecule has 6 nitrogen and oxygen atoms in total. The highest BCUT2D eigenvalue weighted by molar-refractivity contribution is 5.92. The number of hydrogen-bond donors (Lipinski definition) is 1. The zero-order valence-corrected chi connectivity index (χ0v) is 14.1. The lowest BCUT2D eigenvalue weighted by molar-refractivity contribution is -0.384. The number of nitro benzene ring substituents is 1. The molecule has 0 saturated heterocycles. The molecule has 2 aromatic carbocycles. The summed E-state index contributed by atoms with van der Waals surface area (Å²) in [4.78, 5) is 22.5. The molecule has 0 bridgehead atoms. The molecule has 0 aromatic heterocycles. The summed E-state index contributed by atoms with van der Waals surface area (Å²) in [5.74, 6) is 0.504. The van der Waals surface area contributed by atoms with E-state index in [0.29, 0.717) is 5.56 Å².